The maximum Gasteiger partial charge on any atom is 0.138 e. The molecule has 0 spiro atoms. The number of hydrazine groups is 1. The van der Waals surface area contributed by atoms with Crippen molar-refractivity contribution in [1.29, 1.82) is 0 Å². The minimum Gasteiger partial charge on any atom is -0.492 e. The molecule has 1 atom stereocenters. The molecule has 1 aromatic carbocycles. The Kier molecular flexibility index (Phi) is 6.11. The molecular weight excluding hydrogens is 344 g/mol. The Morgan fingerprint density at radius 1 is 1.45 bits per heavy atom. The Morgan fingerprint density at radius 3 is 2.90 bits per heavy atom. The molecule has 20 heavy (non-hydrogen) atoms. The van der Waals surface area contributed by atoms with Crippen LogP contribution in [-0.4, -0.2) is 31.9 Å². The molecular formula is C14H20BrClN2O2. The summed E-state index contributed by atoms with van der Waals surface area (Å²) in [4.78, 5) is 0. The summed E-state index contributed by atoms with van der Waals surface area (Å²) < 4.78 is 11.7. The quantitative estimate of drug-likeness (QED) is 0.620. The number of halogens is 2. The Morgan fingerprint density at radius 2 is 2.25 bits per heavy atom. The second-order valence-corrected chi connectivity index (χ2v) is 6.16. The average molecular weight is 364 g/mol. The van der Waals surface area contributed by atoms with Gasteiger partial charge in [-0.2, -0.15) is 0 Å². The first-order valence-corrected chi connectivity index (χ1v) is 7.92. The van der Waals surface area contributed by atoms with E-state index in [2.05, 4.69) is 15.9 Å². The van der Waals surface area contributed by atoms with Crippen LogP contribution in [0.1, 0.15) is 30.9 Å². The first kappa shape index (κ1) is 16.0. The fourth-order valence-corrected chi connectivity index (χ4v) is 3.38. The van der Waals surface area contributed by atoms with E-state index >= 15 is 0 Å². The maximum atomic E-state index is 6.23. The van der Waals surface area contributed by atoms with E-state index in [9.17, 15) is 0 Å². The molecule has 0 bridgehead atoms. The minimum absolute atomic E-state index is 0.225. The van der Waals surface area contributed by atoms with Gasteiger partial charge in [-0.3, -0.25) is 5.84 Å². The van der Waals surface area contributed by atoms with Crippen molar-refractivity contribution in [3.8, 4) is 5.75 Å². The van der Waals surface area contributed by atoms with Gasteiger partial charge in [0.15, 0.2) is 0 Å². The summed E-state index contributed by atoms with van der Waals surface area (Å²) in [5, 5.41) is 2.49. The van der Waals surface area contributed by atoms with Gasteiger partial charge in [0, 0.05) is 31.2 Å². The van der Waals surface area contributed by atoms with E-state index < -0.39 is 0 Å². The van der Waals surface area contributed by atoms with Gasteiger partial charge in [0.1, 0.15) is 5.75 Å². The number of benzene rings is 1. The van der Waals surface area contributed by atoms with Crippen LogP contribution in [0.15, 0.2) is 16.6 Å². The van der Waals surface area contributed by atoms with Crippen molar-refractivity contribution in [2.45, 2.75) is 25.3 Å². The molecule has 1 fully saturated rings. The Bertz CT molecular complexity index is 459. The summed E-state index contributed by atoms with van der Waals surface area (Å²) in [6, 6.07) is 4.10. The van der Waals surface area contributed by atoms with E-state index in [-0.39, 0.29) is 6.04 Å². The van der Waals surface area contributed by atoms with Gasteiger partial charge in [0.2, 0.25) is 0 Å². The van der Waals surface area contributed by atoms with Gasteiger partial charge >= 0.3 is 0 Å². The SMILES string of the molecule is COCCCOc1cc([C@@H]2CCCN2N)c(Br)cc1Cl. The van der Waals surface area contributed by atoms with Crippen molar-refractivity contribution in [3.05, 3.63) is 27.2 Å². The molecule has 0 aromatic heterocycles. The van der Waals surface area contributed by atoms with Crippen LogP contribution in [0, 0.1) is 0 Å². The third-order valence-electron chi connectivity index (χ3n) is 3.45. The molecule has 1 aromatic rings. The molecule has 2 rings (SSSR count). The number of hydrogen-bond donors (Lipinski definition) is 1. The molecule has 0 radical (unpaired) electrons. The molecule has 6 heteroatoms. The number of ether oxygens (including phenoxy) is 2. The zero-order valence-corrected chi connectivity index (χ0v) is 13.9. The van der Waals surface area contributed by atoms with Crippen molar-refractivity contribution in [3.63, 3.8) is 0 Å². The summed E-state index contributed by atoms with van der Waals surface area (Å²) in [6.45, 7) is 2.19. The number of hydrogen-bond acceptors (Lipinski definition) is 4. The first-order valence-electron chi connectivity index (χ1n) is 6.75. The van der Waals surface area contributed by atoms with Gasteiger partial charge in [-0.25, -0.2) is 5.01 Å². The van der Waals surface area contributed by atoms with Crippen molar-refractivity contribution in [2.24, 2.45) is 5.84 Å². The molecule has 1 heterocycles. The van der Waals surface area contributed by atoms with Crippen LogP contribution in [0.2, 0.25) is 5.02 Å². The summed E-state index contributed by atoms with van der Waals surface area (Å²) >= 11 is 9.80. The minimum atomic E-state index is 0.225. The lowest BCUT2D eigenvalue weighted by Gasteiger charge is -2.22. The van der Waals surface area contributed by atoms with E-state index in [0.29, 0.717) is 24.0 Å². The highest BCUT2D eigenvalue weighted by atomic mass is 79.9. The largest absolute Gasteiger partial charge is 0.492 e. The molecule has 0 unspecified atom stereocenters. The van der Waals surface area contributed by atoms with Gasteiger partial charge in [-0.05, 0) is 30.5 Å². The van der Waals surface area contributed by atoms with Gasteiger partial charge in [-0.15, -0.1) is 0 Å². The smallest absolute Gasteiger partial charge is 0.138 e. The third kappa shape index (κ3) is 3.86. The van der Waals surface area contributed by atoms with Crippen molar-refractivity contribution >= 4 is 27.5 Å². The number of nitrogens with zero attached hydrogens (tertiary/aromatic N) is 1. The highest BCUT2D eigenvalue weighted by Gasteiger charge is 2.26. The van der Waals surface area contributed by atoms with E-state index in [1.165, 1.54) is 0 Å². The average Bonchev–Trinajstić information content (AvgIpc) is 2.83. The molecule has 0 saturated carbocycles. The molecule has 0 amide bonds. The van der Waals surface area contributed by atoms with E-state index in [1.54, 1.807) is 7.11 Å². The normalized spacial score (nSPS) is 19.5. The second kappa shape index (κ2) is 7.61. The predicted octanol–water partition coefficient (Wildman–Crippen LogP) is 3.53. The molecule has 2 N–H and O–H groups in total. The van der Waals surface area contributed by atoms with Gasteiger partial charge in [0.05, 0.1) is 17.7 Å². The van der Waals surface area contributed by atoms with Crippen LogP contribution in [0.25, 0.3) is 0 Å². The Labute approximate surface area is 133 Å². The lowest BCUT2D eigenvalue weighted by molar-refractivity contribution is 0.172. The predicted molar refractivity (Wildman–Crippen MR) is 84.0 cm³/mol. The van der Waals surface area contributed by atoms with Gasteiger partial charge in [-0.1, -0.05) is 27.5 Å². The van der Waals surface area contributed by atoms with Crippen molar-refractivity contribution in [1.82, 2.24) is 5.01 Å². The van der Waals surface area contributed by atoms with Crippen LogP contribution in [-0.2, 0) is 4.74 Å². The fourth-order valence-electron chi connectivity index (χ4n) is 2.42. The van der Waals surface area contributed by atoms with Gasteiger partial charge in [0.25, 0.3) is 0 Å². The molecule has 1 aliphatic heterocycles. The lowest BCUT2D eigenvalue weighted by Crippen LogP contribution is -2.30. The zero-order chi connectivity index (χ0) is 14.5. The summed E-state index contributed by atoms with van der Waals surface area (Å²) in [6.07, 6.45) is 3.00. The summed E-state index contributed by atoms with van der Waals surface area (Å²) in [7, 11) is 1.68. The highest BCUT2D eigenvalue weighted by molar-refractivity contribution is 9.10. The van der Waals surface area contributed by atoms with Gasteiger partial charge < -0.3 is 9.47 Å². The molecule has 0 aliphatic carbocycles. The van der Waals surface area contributed by atoms with Crippen molar-refractivity contribution in [2.75, 3.05) is 26.9 Å². The van der Waals surface area contributed by atoms with E-state index in [4.69, 9.17) is 26.9 Å². The highest BCUT2D eigenvalue weighted by Crippen LogP contribution is 2.39. The number of nitrogens with two attached hydrogens (primary N) is 1. The molecule has 1 saturated heterocycles. The Hall–Kier alpha value is -0.330. The monoisotopic (exact) mass is 362 g/mol. The standard InChI is InChI=1S/C14H20BrClN2O2/c1-19-6-3-7-20-14-8-10(11(15)9-12(14)16)13-4-2-5-18(13)17/h8-9,13H,2-7,17H2,1H3/t13-/m0/s1. The maximum absolute atomic E-state index is 6.23. The topological polar surface area (TPSA) is 47.7 Å². The van der Waals surface area contributed by atoms with E-state index in [0.717, 1.165) is 35.8 Å². The summed E-state index contributed by atoms with van der Waals surface area (Å²) in [5.41, 5.74) is 1.14. The Balaban J connectivity index is 2.12. The number of methoxy groups -OCH3 is 1. The third-order valence-corrected chi connectivity index (χ3v) is 4.44. The van der Waals surface area contributed by atoms with Crippen molar-refractivity contribution < 1.29 is 9.47 Å². The zero-order valence-electron chi connectivity index (χ0n) is 11.6. The molecule has 1 aliphatic rings. The van der Waals surface area contributed by atoms with Crippen LogP contribution in [0.5, 0.6) is 5.75 Å². The van der Waals surface area contributed by atoms with Crippen LogP contribution in [0.3, 0.4) is 0 Å². The molecule has 4 nitrogen and oxygen atoms in total. The van der Waals surface area contributed by atoms with Crippen LogP contribution in [0.4, 0.5) is 0 Å². The first-order chi connectivity index (χ1) is 9.63. The van der Waals surface area contributed by atoms with E-state index in [1.807, 2.05) is 17.1 Å². The van der Waals surface area contributed by atoms with Crippen LogP contribution >= 0.6 is 27.5 Å². The summed E-state index contributed by atoms with van der Waals surface area (Å²) in [5.74, 6) is 6.74. The lowest BCUT2D eigenvalue weighted by atomic mass is 10.0. The number of rotatable bonds is 6. The second-order valence-electron chi connectivity index (χ2n) is 4.89. The van der Waals surface area contributed by atoms with Crippen LogP contribution < -0.4 is 10.6 Å². The fraction of sp³-hybridized carbons (Fsp3) is 0.571. The molecule has 112 valence electrons.